The van der Waals surface area contributed by atoms with Gasteiger partial charge in [-0.15, -0.1) is 0 Å². The lowest BCUT2D eigenvalue weighted by atomic mass is 9.49. The SMILES string of the molecule is CC(C)C(NC(=O)C12CC3CC(CC(C3)C1)C2)c1ccc(C(=O)NO)cc1.CC(NC(=O)C(C)(C)C)c1ccc(C(=O)NO)cc1.CC(NC(=O)c1ccccc1C(F)(F)F)c1cccc(C(=O)NO)c1.CC(NC(=O)c1cnnc2ccccc12)c1ccc(C(=O)NO)cc1.Cc1ccc(NC(=O)NC(C)c2ccc(C(=O)NO)cc2)cc1C.Cc1nn(C)c(C)c1S(=O)(=O)NC(C)c1ccc(C(=O)NO)cc1. The molecule has 4 saturated carbocycles. The molecule has 0 aliphatic heterocycles. The summed E-state index contributed by atoms with van der Waals surface area (Å²) in [6, 6.07) is 54.7. The molecule has 764 valence electrons. The van der Waals surface area contributed by atoms with Crippen LogP contribution in [-0.4, -0.2) is 125 Å². The molecule has 144 heavy (non-hydrogen) atoms. The Labute approximate surface area is 831 Å². The van der Waals surface area contributed by atoms with Crippen molar-refractivity contribution in [3.05, 3.63) is 324 Å². The normalized spacial score (nSPS) is 16.0. The number of hydrogen-bond donors (Lipinski definition) is 19. The first kappa shape index (κ1) is 113. The fraction of sp³-hybridized carbons (Fsp3) is 0.327. The number of nitrogens with one attached hydrogen (secondary N) is 13. The highest BCUT2D eigenvalue weighted by Crippen LogP contribution is 2.60. The van der Waals surface area contributed by atoms with Gasteiger partial charge in [0.15, 0.2) is 0 Å². The second-order valence-corrected chi connectivity index (χ2v) is 38.7. The molecular formula is C104H122F3N17O19S. The summed E-state index contributed by atoms with van der Waals surface area (Å²) in [6.07, 6.45) is 3.97. The molecule has 19 N–H and O–H groups in total. The van der Waals surface area contributed by atoms with E-state index in [1.165, 1.54) is 83.6 Å². The molecule has 36 nitrogen and oxygen atoms in total. The molecule has 0 saturated heterocycles. The summed E-state index contributed by atoms with van der Waals surface area (Å²) >= 11 is 0. The van der Waals surface area contributed by atoms with Crippen molar-refractivity contribution in [2.24, 2.45) is 41.5 Å². The molecule has 2 heterocycles. The minimum absolute atomic E-state index is 0.0304. The molecular weight excluding hydrogens is 1880 g/mol. The van der Waals surface area contributed by atoms with Crippen LogP contribution in [0.4, 0.5) is 23.7 Å². The average Bonchev–Trinajstić information content (AvgIpc) is 0.855. The van der Waals surface area contributed by atoms with Crippen molar-refractivity contribution in [3.63, 3.8) is 0 Å². The largest absolute Gasteiger partial charge is 0.417 e. The van der Waals surface area contributed by atoms with Crippen molar-refractivity contribution in [1.29, 1.82) is 0 Å². The molecule has 6 unspecified atom stereocenters. The Kier molecular flexibility index (Phi) is 39.5. The highest BCUT2D eigenvalue weighted by atomic mass is 32.2. The Hall–Kier alpha value is -15.0. The van der Waals surface area contributed by atoms with Crippen LogP contribution in [0.1, 0.15) is 288 Å². The maximum absolute atomic E-state index is 13.4. The van der Waals surface area contributed by atoms with Crippen LogP contribution in [0.15, 0.2) is 223 Å². The highest BCUT2D eigenvalue weighted by Gasteiger charge is 2.55. The van der Waals surface area contributed by atoms with Gasteiger partial charge in [0.25, 0.3) is 47.3 Å². The molecule has 9 aromatic carbocycles. The lowest BCUT2D eigenvalue weighted by Crippen LogP contribution is -2.54. The van der Waals surface area contributed by atoms with Gasteiger partial charge in [-0.1, -0.05) is 144 Å². The van der Waals surface area contributed by atoms with E-state index in [4.69, 9.17) is 31.2 Å². The first-order valence-corrected chi connectivity index (χ1v) is 47.6. The Bertz CT molecular complexity index is 6470. The van der Waals surface area contributed by atoms with Gasteiger partial charge in [0.2, 0.25) is 21.8 Å². The van der Waals surface area contributed by atoms with Crippen LogP contribution in [0, 0.1) is 62.2 Å². The zero-order valence-corrected chi connectivity index (χ0v) is 82.9. The molecule has 6 atom stereocenters. The van der Waals surface area contributed by atoms with Crippen molar-refractivity contribution >= 4 is 91.7 Å². The predicted molar refractivity (Wildman–Crippen MR) is 527 cm³/mol. The average molecular weight is 2000 g/mol. The molecule has 0 spiro atoms. The van der Waals surface area contributed by atoms with Crippen molar-refractivity contribution in [2.75, 3.05) is 5.32 Å². The second kappa shape index (κ2) is 50.6. The Morgan fingerprint density at radius 1 is 0.424 bits per heavy atom. The highest BCUT2D eigenvalue weighted by molar-refractivity contribution is 7.89. The third-order valence-electron chi connectivity index (χ3n) is 25.1. The topological polar surface area (TPSA) is 543 Å². The van der Waals surface area contributed by atoms with Gasteiger partial charge in [0.05, 0.1) is 70.0 Å². The summed E-state index contributed by atoms with van der Waals surface area (Å²) in [5, 5.41) is 81.8. The van der Waals surface area contributed by atoms with Gasteiger partial charge in [-0.25, -0.2) is 50.8 Å². The van der Waals surface area contributed by atoms with Crippen LogP contribution >= 0.6 is 0 Å². The van der Waals surface area contributed by atoms with E-state index in [2.05, 4.69) is 65.8 Å². The van der Waals surface area contributed by atoms with Crippen LogP contribution in [0.5, 0.6) is 0 Å². The van der Waals surface area contributed by atoms with Crippen LogP contribution in [0.2, 0.25) is 0 Å². The summed E-state index contributed by atoms with van der Waals surface area (Å²) in [4.78, 5) is 130. The number of benzene rings is 9. The van der Waals surface area contributed by atoms with E-state index in [-0.39, 0.29) is 75.3 Å². The molecule has 15 rings (SSSR count). The van der Waals surface area contributed by atoms with Crippen LogP contribution < -0.4 is 69.5 Å². The van der Waals surface area contributed by atoms with Gasteiger partial charge in [0.1, 0.15) is 4.90 Å². The number of alkyl halides is 3. The lowest BCUT2D eigenvalue weighted by Gasteiger charge is -2.56. The quantitative estimate of drug-likeness (QED) is 0.0187. The summed E-state index contributed by atoms with van der Waals surface area (Å²) < 4.78 is 68.4. The van der Waals surface area contributed by atoms with Crippen molar-refractivity contribution in [2.45, 2.75) is 183 Å². The van der Waals surface area contributed by atoms with Crippen molar-refractivity contribution in [3.8, 4) is 0 Å². The van der Waals surface area contributed by atoms with Crippen LogP contribution in [0.3, 0.4) is 0 Å². The number of nitrogens with zero attached hydrogens (tertiary/aromatic N) is 4. The van der Waals surface area contributed by atoms with E-state index in [0.717, 1.165) is 88.0 Å². The van der Waals surface area contributed by atoms with E-state index in [1.54, 1.807) is 171 Å². The number of aryl methyl sites for hydroxylation is 4. The minimum Gasteiger partial charge on any atom is -0.349 e. The first-order valence-electron chi connectivity index (χ1n) is 46.1. The summed E-state index contributed by atoms with van der Waals surface area (Å²) in [6.45, 7) is 26.0. The van der Waals surface area contributed by atoms with E-state index >= 15 is 0 Å². The Balaban J connectivity index is 0.000000193. The second-order valence-electron chi connectivity index (χ2n) is 37.0. The smallest absolute Gasteiger partial charge is 0.349 e. The molecule has 4 fully saturated rings. The van der Waals surface area contributed by atoms with Crippen LogP contribution in [-0.2, 0) is 32.8 Å². The fourth-order valence-electron chi connectivity index (χ4n) is 17.3. The van der Waals surface area contributed by atoms with Gasteiger partial charge in [-0.3, -0.25) is 83.9 Å². The van der Waals surface area contributed by atoms with E-state index in [1.807, 2.05) is 104 Å². The third kappa shape index (κ3) is 30.3. The third-order valence-corrected chi connectivity index (χ3v) is 26.9. The van der Waals surface area contributed by atoms with Gasteiger partial charge in [-0.2, -0.15) is 28.5 Å². The zero-order valence-electron chi connectivity index (χ0n) is 82.1. The van der Waals surface area contributed by atoms with Crippen LogP contribution in [0.25, 0.3) is 10.9 Å². The van der Waals surface area contributed by atoms with Gasteiger partial charge in [0, 0.05) is 68.4 Å². The first-order chi connectivity index (χ1) is 68.1. The monoisotopic (exact) mass is 2000 g/mol. The Morgan fingerprint density at radius 2 is 0.826 bits per heavy atom. The number of urea groups is 1. The lowest BCUT2D eigenvalue weighted by molar-refractivity contribution is -0.147. The van der Waals surface area contributed by atoms with Crippen molar-refractivity contribution in [1.82, 2.24) is 84.2 Å². The molecule has 40 heteroatoms. The zero-order chi connectivity index (χ0) is 106. The molecule has 4 aliphatic carbocycles. The number of hydroxylamine groups is 6. The Morgan fingerprint density at radius 3 is 1.25 bits per heavy atom. The number of amides is 12. The number of sulfonamides is 1. The summed E-state index contributed by atoms with van der Waals surface area (Å²) in [5.41, 5.74) is 19.0. The standard InChI is InChI=1S/C22H30N2O3.C18H16N4O3.C18H21N3O3.C17H15F3N2O3.C15H20N4O4S.C14H20N2O3/c1-13(2)19(17-3-5-18(6-4-17)20(25)24-27)23-21(26)22-10-14-7-15(11-22)9-16(8-14)12-22;1-11(12-6-8-13(9-7-12)17(23)22-25)20-18(24)15-10-19-21-16-5-3-2-4-14(15)16;1-11-4-9-16(10-12(11)2)20-18(23)19-13(3)14-5-7-15(8-6-14)17(22)21-24;1-10(11-5-4-6-12(9-11)15(23)22-25)21-16(24)13-7-2-3-8-14(13)17(18,19)20;1-9(12-5-7-13(8-6-12)15(20)17-21)18-24(22,23)14-10(2)16-19(4)11(14)3;1-9(15-13(18)14(2,3)4)10-5-7-11(8-6-10)12(17)16-19/h3-6,13-16,19,27H,7-12H2,1-2H3,(H,23,26)(H,24,25);2-11,25H,1H3,(H,20,24)(H,22,23);4-10,13,24H,1-3H3,(H,21,22)(H2,19,20,23);2-10,25H,1H3,(H,21,24)(H,22,23);5-9,18,21H,1-4H3,(H,17,20);5-9,19H,1-4H3,(H,15,18)(H,16,17). The van der Waals surface area contributed by atoms with Gasteiger partial charge in [-0.05, 0) is 272 Å². The number of fused-ring (bicyclic) bond motifs is 1. The van der Waals surface area contributed by atoms with Gasteiger partial charge >= 0.3 is 12.2 Å². The number of halogens is 3. The van der Waals surface area contributed by atoms with Crippen molar-refractivity contribution < 1.29 is 106 Å². The number of rotatable bonds is 25. The number of carbonyl (C=O) groups is 11. The number of anilines is 1. The van der Waals surface area contributed by atoms with E-state index < -0.39 is 86.2 Å². The molecule has 12 amide bonds. The number of carbonyl (C=O) groups excluding carboxylic acids is 11. The molecule has 0 radical (unpaired) electrons. The van der Waals surface area contributed by atoms with Gasteiger partial charge < -0.3 is 31.9 Å². The predicted octanol–water partition coefficient (Wildman–Crippen LogP) is 15.9. The maximum atomic E-state index is 13.4. The summed E-state index contributed by atoms with van der Waals surface area (Å²) in [5.74, 6) is -2.05. The fourth-order valence-corrected chi connectivity index (χ4v) is 19.0. The molecule has 4 bridgehead atoms. The maximum Gasteiger partial charge on any atom is 0.417 e. The summed E-state index contributed by atoms with van der Waals surface area (Å²) in [7, 11) is -2.04. The molecule has 11 aromatic rings. The minimum atomic E-state index is -4.64. The number of aromatic nitrogens is 4. The van der Waals surface area contributed by atoms with E-state index in [9.17, 15) is 74.3 Å². The number of hydrogen-bond acceptors (Lipinski definition) is 22. The molecule has 4 aliphatic rings. The molecule has 2 aromatic heterocycles. The van der Waals surface area contributed by atoms with E-state index in [0.29, 0.717) is 55.8 Å².